The molecule has 1 aliphatic rings. The highest BCUT2D eigenvalue weighted by Crippen LogP contribution is 1.97. The zero-order chi connectivity index (χ0) is 7.28. The average Bonchev–Trinajstić information content (AvgIpc) is 2.23. The molecule has 0 aromatic rings. The van der Waals surface area contributed by atoms with Crippen LogP contribution in [0.5, 0.6) is 0 Å². The molecule has 2 heteroatoms. The fourth-order valence-electron chi connectivity index (χ4n) is 0.638. The summed E-state index contributed by atoms with van der Waals surface area (Å²) in [5.41, 5.74) is 0. The van der Waals surface area contributed by atoms with Crippen LogP contribution in [0.2, 0.25) is 0 Å². The molecule has 1 heterocycles. The van der Waals surface area contributed by atoms with Crippen LogP contribution in [-0.4, -0.2) is 25.0 Å². The Morgan fingerprint density at radius 2 is 2.11 bits per heavy atom. The Balaban J connectivity index is 0.000000291. The van der Waals surface area contributed by atoms with Gasteiger partial charge < -0.3 is 10.2 Å². The van der Waals surface area contributed by atoms with E-state index in [4.69, 9.17) is 0 Å². The van der Waals surface area contributed by atoms with Gasteiger partial charge in [-0.3, -0.25) is 0 Å². The summed E-state index contributed by atoms with van der Waals surface area (Å²) in [6.45, 7) is 9.90. The van der Waals surface area contributed by atoms with Gasteiger partial charge in [0.15, 0.2) is 0 Å². The second-order valence-corrected chi connectivity index (χ2v) is 1.80. The van der Waals surface area contributed by atoms with E-state index in [0.717, 1.165) is 18.9 Å². The minimum absolute atomic E-state index is 1.04. The molecule has 0 saturated carbocycles. The molecule has 1 saturated heterocycles. The van der Waals surface area contributed by atoms with Gasteiger partial charge in [0, 0.05) is 20.1 Å². The summed E-state index contributed by atoms with van der Waals surface area (Å²) >= 11 is 0. The fourth-order valence-corrected chi connectivity index (χ4v) is 0.638. The number of nitrogens with zero attached hydrogens (tertiary/aromatic N) is 1. The van der Waals surface area contributed by atoms with Gasteiger partial charge >= 0.3 is 0 Å². The second kappa shape index (κ2) is 4.24. The van der Waals surface area contributed by atoms with Crippen molar-refractivity contribution in [1.82, 2.24) is 10.2 Å². The summed E-state index contributed by atoms with van der Waals surface area (Å²) < 4.78 is 0. The summed E-state index contributed by atoms with van der Waals surface area (Å²) in [4.78, 5) is 2.10. The lowest BCUT2D eigenvalue weighted by atomic mass is 10.6. The minimum atomic E-state index is 1.04. The molecule has 2 nitrogen and oxygen atoms in total. The minimum Gasteiger partial charge on any atom is -0.370 e. The van der Waals surface area contributed by atoms with E-state index in [-0.39, 0.29) is 0 Å². The summed E-state index contributed by atoms with van der Waals surface area (Å²) in [7, 11) is 2.03. The molecule has 0 atom stereocenters. The van der Waals surface area contributed by atoms with Crippen LogP contribution in [0.3, 0.4) is 0 Å². The fraction of sp³-hybridized carbons (Fsp3) is 0.714. The predicted octanol–water partition coefficient (Wildman–Crippen LogP) is 1.02. The third kappa shape index (κ3) is 2.40. The first kappa shape index (κ1) is 8.34. The van der Waals surface area contributed by atoms with Crippen LogP contribution in [0.15, 0.2) is 12.4 Å². The average molecular weight is 128 g/mol. The van der Waals surface area contributed by atoms with Crippen molar-refractivity contribution in [2.75, 3.05) is 20.1 Å². The van der Waals surface area contributed by atoms with Gasteiger partial charge in [-0.15, -0.1) is 0 Å². The van der Waals surface area contributed by atoms with E-state index in [9.17, 15) is 0 Å². The van der Waals surface area contributed by atoms with E-state index in [1.54, 1.807) is 0 Å². The van der Waals surface area contributed by atoms with Crippen LogP contribution >= 0.6 is 0 Å². The van der Waals surface area contributed by atoms with Gasteiger partial charge in [-0.25, -0.2) is 0 Å². The molecule has 1 N–H and O–H groups in total. The Hall–Kier alpha value is -0.660. The number of hydrogen-bond donors (Lipinski definition) is 1. The van der Waals surface area contributed by atoms with Crippen LogP contribution in [0, 0.1) is 0 Å². The quantitative estimate of drug-likeness (QED) is 0.524. The molecule has 0 spiro atoms. The Morgan fingerprint density at radius 3 is 2.22 bits per heavy atom. The zero-order valence-corrected chi connectivity index (χ0v) is 6.57. The summed E-state index contributed by atoms with van der Waals surface area (Å²) in [5.74, 6) is 1.04. The number of rotatable bonds is 0. The molecule has 1 rings (SSSR count). The summed E-state index contributed by atoms with van der Waals surface area (Å²) in [6, 6.07) is 0. The van der Waals surface area contributed by atoms with Gasteiger partial charge in [0.25, 0.3) is 0 Å². The van der Waals surface area contributed by atoms with Crippen molar-refractivity contribution in [3.63, 3.8) is 0 Å². The monoisotopic (exact) mass is 128 g/mol. The van der Waals surface area contributed by atoms with Crippen molar-refractivity contribution in [3.8, 4) is 0 Å². The van der Waals surface area contributed by atoms with Gasteiger partial charge in [-0.2, -0.15) is 0 Å². The van der Waals surface area contributed by atoms with Crippen molar-refractivity contribution in [2.24, 2.45) is 0 Å². The van der Waals surface area contributed by atoms with Gasteiger partial charge in [0.05, 0.1) is 5.82 Å². The van der Waals surface area contributed by atoms with E-state index < -0.39 is 0 Å². The normalized spacial score (nSPS) is 16.3. The standard InChI is InChI=1S/C5H10N2.C2H6/c1-5-6-3-4-7(5)2;1-2/h6H,1,3-4H2,2H3;1-2H3. The molecule has 9 heavy (non-hydrogen) atoms. The molecule has 0 aliphatic carbocycles. The van der Waals surface area contributed by atoms with E-state index in [2.05, 4.69) is 16.8 Å². The molecular weight excluding hydrogens is 112 g/mol. The Bertz CT molecular complexity index is 88.9. The molecular formula is C7H16N2. The van der Waals surface area contributed by atoms with Crippen molar-refractivity contribution in [3.05, 3.63) is 12.4 Å². The first-order valence-electron chi connectivity index (χ1n) is 3.44. The maximum Gasteiger partial charge on any atom is 0.0937 e. The highest BCUT2D eigenvalue weighted by atomic mass is 15.3. The molecule has 0 radical (unpaired) electrons. The molecule has 0 amide bonds. The largest absolute Gasteiger partial charge is 0.370 e. The second-order valence-electron chi connectivity index (χ2n) is 1.80. The number of likely N-dealkylation sites (N-methyl/N-ethyl adjacent to an activating group) is 1. The number of hydrogen-bond acceptors (Lipinski definition) is 2. The summed E-state index contributed by atoms with van der Waals surface area (Å²) in [5, 5.41) is 3.10. The lowest BCUT2D eigenvalue weighted by Gasteiger charge is -2.07. The first-order valence-corrected chi connectivity index (χ1v) is 3.44. The molecule has 1 aliphatic heterocycles. The Kier molecular flexibility index (Phi) is 3.93. The zero-order valence-electron chi connectivity index (χ0n) is 6.57. The SMILES string of the molecule is C=C1NCCN1C.CC. The van der Waals surface area contributed by atoms with E-state index in [1.807, 2.05) is 20.9 Å². The number of nitrogens with one attached hydrogen (secondary N) is 1. The van der Waals surface area contributed by atoms with Gasteiger partial charge in [0.1, 0.15) is 0 Å². The van der Waals surface area contributed by atoms with Crippen molar-refractivity contribution < 1.29 is 0 Å². The van der Waals surface area contributed by atoms with Gasteiger partial charge in [-0.05, 0) is 0 Å². The van der Waals surface area contributed by atoms with Crippen molar-refractivity contribution in [1.29, 1.82) is 0 Å². The molecule has 0 bridgehead atoms. The lowest BCUT2D eigenvalue weighted by molar-refractivity contribution is 0.487. The maximum atomic E-state index is 3.75. The third-order valence-corrected chi connectivity index (χ3v) is 1.24. The van der Waals surface area contributed by atoms with Crippen LogP contribution in [-0.2, 0) is 0 Å². The maximum absolute atomic E-state index is 3.75. The van der Waals surface area contributed by atoms with E-state index in [0.29, 0.717) is 0 Å². The molecule has 54 valence electrons. The first-order chi connectivity index (χ1) is 4.30. The van der Waals surface area contributed by atoms with Crippen molar-refractivity contribution in [2.45, 2.75) is 13.8 Å². The Morgan fingerprint density at radius 1 is 1.56 bits per heavy atom. The molecule has 0 aromatic heterocycles. The predicted molar refractivity (Wildman–Crippen MR) is 41.1 cm³/mol. The molecule has 0 unspecified atom stereocenters. The smallest absolute Gasteiger partial charge is 0.0937 e. The van der Waals surface area contributed by atoms with Crippen molar-refractivity contribution >= 4 is 0 Å². The topological polar surface area (TPSA) is 15.3 Å². The highest BCUT2D eigenvalue weighted by Gasteiger charge is 2.06. The van der Waals surface area contributed by atoms with E-state index >= 15 is 0 Å². The summed E-state index contributed by atoms with van der Waals surface area (Å²) in [6.07, 6.45) is 0. The molecule has 0 aromatic carbocycles. The lowest BCUT2D eigenvalue weighted by Crippen LogP contribution is -2.11. The van der Waals surface area contributed by atoms with Crippen LogP contribution < -0.4 is 5.32 Å². The van der Waals surface area contributed by atoms with Crippen LogP contribution in [0.1, 0.15) is 13.8 Å². The van der Waals surface area contributed by atoms with Gasteiger partial charge in [0.2, 0.25) is 0 Å². The third-order valence-electron chi connectivity index (χ3n) is 1.24. The van der Waals surface area contributed by atoms with Crippen LogP contribution in [0.25, 0.3) is 0 Å². The van der Waals surface area contributed by atoms with Gasteiger partial charge in [-0.1, -0.05) is 20.4 Å². The Labute approximate surface area is 57.5 Å². The molecule has 1 fully saturated rings. The van der Waals surface area contributed by atoms with Crippen LogP contribution in [0.4, 0.5) is 0 Å². The van der Waals surface area contributed by atoms with E-state index in [1.165, 1.54) is 0 Å². The highest BCUT2D eigenvalue weighted by molar-refractivity contribution is 4.94.